The zero-order chi connectivity index (χ0) is 13.5. The van der Waals surface area contributed by atoms with Crippen molar-refractivity contribution in [1.29, 1.82) is 0 Å². The molecule has 1 aliphatic heterocycles. The Labute approximate surface area is 97.5 Å². The Hall–Kier alpha value is 0.180. The maximum atomic E-state index is 12.3. The van der Waals surface area contributed by atoms with Crippen LogP contribution in [-0.4, -0.2) is 55.5 Å². The fraction of sp³-hybridized carbons (Fsp3) is 1.00. The Balaban J connectivity index is 3.34. The lowest BCUT2D eigenvalue weighted by atomic mass is 10.4. The van der Waals surface area contributed by atoms with Gasteiger partial charge in [-0.05, 0) is 0 Å². The van der Waals surface area contributed by atoms with Crippen molar-refractivity contribution in [3.05, 3.63) is 5.21 Å². The summed E-state index contributed by atoms with van der Waals surface area (Å²) >= 11 is 0. The highest BCUT2D eigenvalue weighted by atomic mass is 31.2. The highest BCUT2D eigenvalue weighted by Crippen LogP contribution is 2.72. The van der Waals surface area contributed by atoms with Crippen LogP contribution in [-0.2, 0) is 13.9 Å². The SMILES string of the molecule is CC([N+]1([O-])CCOCC1)(P(=O)(O)O)P(=O)(O)O. The van der Waals surface area contributed by atoms with E-state index in [1.165, 1.54) is 0 Å². The Morgan fingerprint density at radius 2 is 1.47 bits per heavy atom. The third kappa shape index (κ3) is 2.35. The number of ether oxygens (including phenoxy) is 1. The predicted molar refractivity (Wildman–Crippen MR) is 56.7 cm³/mol. The van der Waals surface area contributed by atoms with Gasteiger partial charge >= 0.3 is 15.2 Å². The molecule has 0 saturated carbocycles. The Morgan fingerprint density at radius 3 is 1.76 bits per heavy atom. The third-order valence-electron chi connectivity index (χ3n) is 3.07. The minimum absolute atomic E-state index is 0.0981. The average molecular weight is 291 g/mol. The first kappa shape index (κ1) is 15.2. The molecule has 0 amide bonds. The summed E-state index contributed by atoms with van der Waals surface area (Å²) in [5, 5.41) is 9.33. The molecular weight excluding hydrogens is 276 g/mol. The van der Waals surface area contributed by atoms with Gasteiger partial charge in [0, 0.05) is 6.92 Å². The van der Waals surface area contributed by atoms with Gasteiger partial charge in [-0.25, -0.2) is 0 Å². The number of hydrogen-bond donors (Lipinski definition) is 4. The Kier molecular flexibility index (Phi) is 3.92. The molecule has 0 aromatic carbocycles. The van der Waals surface area contributed by atoms with E-state index in [1.807, 2.05) is 0 Å². The lowest BCUT2D eigenvalue weighted by molar-refractivity contribution is -0.910. The number of nitrogens with zero attached hydrogens (tertiary/aromatic N) is 1. The fourth-order valence-corrected chi connectivity index (χ4v) is 4.41. The first-order valence-electron chi connectivity index (χ1n) is 4.73. The number of morpholine rings is 1. The predicted octanol–water partition coefficient (Wildman–Crippen LogP) is -0.640. The second-order valence-electron chi connectivity index (χ2n) is 4.01. The van der Waals surface area contributed by atoms with Gasteiger partial charge in [0.15, 0.2) is 0 Å². The molecule has 1 fully saturated rings. The van der Waals surface area contributed by atoms with Crippen molar-refractivity contribution in [2.45, 2.75) is 11.9 Å². The summed E-state index contributed by atoms with van der Waals surface area (Å²) in [6, 6.07) is 0. The summed E-state index contributed by atoms with van der Waals surface area (Å²) in [6.07, 6.45) is 0. The summed E-state index contributed by atoms with van der Waals surface area (Å²) in [5.74, 6) is 0. The van der Waals surface area contributed by atoms with Crippen LogP contribution in [0, 0.1) is 5.21 Å². The molecule has 1 saturated heterocycles. The van der Waals surface area contributed by atoms with Gasteiger partial charge in [0.1, 0.15) is 13.1 Å². The van der Waals surface area contributed by atoms with Crippen LogP contribution in [0.1, 0.15) is 6.92 Å². The van der Waals surface area contributed by atoms with Crippen LogP contribution >= 0.6 is 15.2 Å². The molecule has 0 spiro atoms. The molecule has 1 heterocycles. The molecule has 102 valence electrons. The minimum Gasteiger partial charge on any atom is -0.631 e. The summed E-state index contributed by atoms with van der Waals surface area (Å²) < 4.78 is 25.9. The van der Waals surface area contributed by atoms with Crippen LogP contribution in [0.2, 0.25) is 0 Å². The highest BCUT2D eigenvalue weighted by Gasteiger charge is 2.67. The Bertz CT molecular complexity index is 357. The minimum atomic E-state index is -5.30. The van der Waals surface area contributed by atoms with E-state index in [-0.39, 0.29) is 13.2 Å². The van der Waals surface area contributed by atoms with Crippen LogP contribution in [0.3, 0.4) is 0 Å². The van der Waals surface area contributed by atoms with Gasteiger partial charge in [-0.1, -0.05) is 0 Å². The topological polar surface area (TPSA) is 147 Å². The highest BCUT2D eigenvalue weighted by molar-refractivity contribution is 7.71. The molecule has 0 unspecified atom stereocenters. The maximum absolute atomic E-state index is 12.3. The number of quaternary nitrogens is 1. The van der Waals surface area contributed by atoms with Crippen molar-refractivity contribution in [3.63, 3.8) is 0 Å². The first-order chi connectivity index (χ1) is 7.46. The fourth-order valence-electron chi connectivity index (χ4n) is 1.71. The second-order valence-corrected chi connectivity index (χ2v) is 8.28. The van der Waals surface area contributed by atoms with Crippen LogP contribution in [0.4, 0.5) is 0 Å². The third-order valence-corrected chi connectivity index (χ3v) is 7.57. The summed E-state index contributed by atoms with van der Waals surface area (Å²) in [6.45, 7) is -0.384. The molecule has 0 radical (unpaired) electrons. The van der Waals surface area contributed by atoms with Crippen LogP contribution in [0.25, 0.3) is 0 Å². The molecule has 1 rings (SSSR count). The van der Waals surface area contributed by atoms with Gasteiger partial charge in [0.05, 0.1) is 13.2 Å². The first-order valence-corrected chi connectivity index (χ1v) is 7.95. The zero-order valence-electron chi connectivity index (χ0n) is 9.09. The van der Waals surface area contributed by atoms with E-state index in [4.69, 9.17) is 24.3 Å². The van der Waals surface area contributed by atoms with Crippen molar-refractivity contribution in [2.24, 2.45) is 0 Å². The molecule has 0 aromatic rings. The van der Waals surface area contributed by atoms with E-state index in [1.54, 1.807) is 0 Å². The van der Waals surface area contributed by atoms with E-state index >= 15 is 0 Å². The lowest BCUT2D eigenvalue weighted by Crippen LogP contribution is -2.62. The van der Waals surface area contributed by atoms with Crippen LogP contribution < -0.4 is 0 Å². The quantitative estimate of drug-likeness (QED) is 0.305. The van der Waals surface area contributed by atoms with Gasteiger partial charge in [-0.3, -0.25) is 9.13 Å². The van der Waals surface area contributed by atoms with Crippen molar-refractivity contribution in [3.8, 4) is 0 Å². The average Bonchev–Trinajstić information content (AvgIpc) is 2.14. The molecule has 0 aromatic heterocycles. The van der Waals surface area contributed by atoms with E-state index < -0.39 is 37.9 Å². The van der Waals surface area contributed by atoms with Gasteiger partial charge in [0.25, 0.3) is 5.02 Å². The van der Waals surface area contributed by atoms with E-state index in [9.17, 15) is 14.3 Å². The summed E-state index contributed by atoms with van der Waals surface area (Å²) in [7, 11) is -10.6. The van der Waals surface area contributed by atoms with Crippen molar-refractivity contribution in [1.82, 2.24) is 0 Å². The number of rotatable bonds is 3. The van der Waals surface area contributed by atoms with E-state index in [0.717, 1.165) is 0 Å². The molecule has 0 atom stereocenters. The monoisotopic (exact) mass is 291 g/mol. The molecule has 0 bridgehead atoms. The van der Waals surface area contributed by atoms with Gasteiger partial charge in [-0.15, -0.1) is 0 Å². The van der Waals surface area contributed by atoms with Gasteiger partial charge < -0.3 is 34.2 Å². The van der Waals surface area contributed by atoms with Crippen LogP contribution in [0.15, 0.2) is 0 Å². The summed E-state index contributed by atoms with van der Waals surface area (Å²) in [4.78, 5) is 36.6. The van der Waals surface area contributed by atoms with Crippen molar-refractivity contribution in [2.75, 3.05) is 26.3 Å². The molecule has 11 heteroatoms. The largest absolute Gasteiger partial charge is 0.631 e. The lowest BCUT2D eigenvalue weighted by Gasteiger charge is -2.55. The van der Waals surface area contributed by atoms with Gasteiger partial charge in [-0.2, -0.15) is 0 Å². The standard InChI is InChI=1S/C6H15NO8P2/c1-6(16(9,10)11,17(12,13)14)7(8)2-4-15-5-3-7/h2-5H2,1H3,(H2,9,10,11)(H2,12,13,14). The molecule has 4 N–H and O–H groups in total. The second kappa shape index (κ2) is 4.38. The normalized spacial score (nSPS) is 22.5. The van der Waals surface area contributed by atoms with Gasteiger partial charge in [0.2, 0.25) is 0 Å². The molecule has 0 aliphatic carbocycles. The van der Waals surface area contributed by atoms with Crippen molar-refractivity contribution >= 4 is 15.2 Å². The summed E-state index contributed by atoms with van der Waals surface area (Å²) in [5.41, 5.74) is 0. The number of hydrogen-bond acceptors (Lipinski definition) is 4. The molecular formula is C6H15NO8P2. The number of hydroxylamine groups is 3. The molecule has 1 aliphatic rings. The smallest absolute Gasteiger partial charge is 0.398 e. The maximum Gasteiger partial charge on any atom is 0.398 e. The van der Waals surface area contributed by atoms with Crippen LogP contribution in [0.5, 0.6) is 0 Å². The Morgan fingerprint density at radius 1 is 1.12 bits per heavy atom. The molecule has 9 nitrogen and oxygen atoms in total. The van der Waals surface area contributed by atoms with E-state index in [2.05, 4.69) is 0 Å². The zero-order valence-corrected chi connectivity index (χ0v) is 10.9. The van der Waals surface area contributed by atoms with Crippen molar-refractivity contribution < 1.29 is 38.1 Å². The van der Waals surface area contributed by atoms with E-state index in [0.29, 0.717) is 6.92 Å². The molecule has 17 heavy (non-hydrogen) atoms.